The van der Waals surface area contributed by atoms with E-state index in [9.17, 15) is 9.59 Å². The van der Waals surface area contributed by atoms with Crippen LogP contribution in [0.25, 0.3) is 0 Å². The van der Waals surface area contributed by atoms with Crippen molar-refractivity contribution in [3.63, 3.8) is 0 Å². The summed E-state index contributed by atoms with van der Waals surface area (Å²) in [7, 11) is 0. The Kier molecular flexibility index (Phi) is 6.55. The summed E-state index contributed by atoms with van der Waals surface area (Å²) in [5.74, 6) is -0.451. The van der Waals surface area contributed by atoms with Crippen LogP contribution in [-0.2, 0) is 22.6 Å². The van der Waals surface area contributed by atoms with Crippen LogP contribution in [-0.4, -0.2) is 17.9 Å². The molecule has 0 aliphatic carbocycles. The van der Waals surface area contributed by atoms with Crippen LogP contribution in [0.3, 0.4) is 0 Å². The number of rotatable bonds is 7. The van der Waals surface area contributed by atoms with Gasteiger partial charge in [0.15, 0.2) is 0 Å². The van der Waals surface area contributed by atoms with Gasteiger partial charge in [-0.05, 0) is 11.1 Å². The summed E-state index contributed by atoms with van der Waals surface area (Å²) in [5, 5.41) is 5.76. The first-order chi connectivity index (χ1) is 11.6. The Morgan fingerprint density at radius 3 is 1.92 bits per heavy atom. The Morgan fingerprint density at radius 1 is 0.833 bits per heavy atom. The van der Waals surface area contributed by atoms with Crippen LogP contribution in [0, 0.1) is 5.92 Å². The SMILES string of the molecule is CC(C)C(=O)NC(Cc1ccccc1)C(=O)NCc1ccccc1. The van der Waals surface area contributed by atoms with Gasteiger partial charge in [-0.3, -0.25) is 9.59 Å². The molecule has 0 bridgehead atoms. The molecule has 126 valence electrons. The maximum Gasteiger partial charge on any atom is 0.243 e. The Balaban J connectivity index is 2.03. The quantitative estimate of drug-likeness (QED) is 0.823. The fourth-order valence-corrected chi connectivity index (χ4v) is 2.31. The highest BCUT2D eigenvalue weighted by Gasteiger charge is 2.22. The molecule has 0 aliphatic heterocycles. The van der Waals surface area contributed by atoms with Crippen LogP contribution in [0.15, 0.2) is 60.7 Å². The standard InChI is InChI=1S/C20H24N2O2/c1-15(2)19(23)22-18(13-16-9-5-3-6-10-16)20(24)21-14-17-11-7-4-8-12-17/h3-12,15,18H,13-14H2,1-2H3,(H,21,24)(H,22,23). The highest BCUT2D eigenvalue weighted by Crippen LogP contribution is 2.06. The molecule has 4 nitrogen and oxygen atoms in total. The highest BCUT2D eigenvalue weighted by molar-refractivity contribution is 5.88. The van der Waals surface area contributed by atoms with Crippen LogP contribution in [0.2, 0.25) is 0 Å². The molecule has 1 atom stereocenters. The molecular weight excluding hydrogens is 300 g/mol. The summed E-state index contributed by atoms with van der Waals surface area (Å²) in [6.45, 7) is 4.08. The fraction of sp³-hybridized carbons (Fsp3) is 0.300. The molecular formula is C20H24N2O2. The zero-order valence-electron chi connectivity index (χ0n) is 14.2. The minimum Gasteiger partial charge on any atom is -0.350 e. The van der Waals surface area contributed by atoms with Gasteiger partial charge in [0.2, 0.25) is 11.8 Å². The lowest BCUT2D eigenvalue weighted by Gasteiger charge is -2.20. The van der Waals surface area contributed by atoms with Crippen LogP contribution < -0.4 is 10.6 Å². The van der Waals surface area contributed by atoms with Crippen molar-refractivity contribution >= 4 is 11.8 Å². The lowest BCUT2D eigenvalue weighted by atomic mass is 10.0. The van der Waals surface area contributed by atoms with E-state index in [-0.39, 0.29) is 17.7 Å². The van der Waals surface area contributed by atoms with Gasteiger partial charge in [0.25, 0.3) is 0 Å². The van der Waals surface area contributed by atoms with E-state index < -0.39 is 6.04 Å². The zero-order chi connectivity index (χ0) is 17.4. The lowest BCUT2D eigenvalue weighted by molar-refractivity contribution is -0.130. The smallest absolute Gasteiger partial charge is 0.243 e. The average Bonchev–Trinajstić information content (AvgIpc) is 2.60. The molecule has 4 heteroatoms. The number of amides is 2. The largest absolute Gasteiger partial charge is 0.350 e. The van der Waals surface area contributed by atoms with Gasteiger partial charge >= 0.3 is 0 Å². The van der Waals surface area contributed by atoms with Gasteiger partial charge in [-0.1, -0.05) is 74.5 Å². The summed E-state index contributed by atoms with van der Waals surface area (Å²) in [4.78, 5) is 24.6. The highest BCUT2D eigenvalue weighted by atomic mass is 16.2. The Hall–Kier alpha value is -2.62. The summed E-state index contributed by atoms with van der Waals surface area (Å²) in [5.41, 5.74) is 2.04. The second-order valence-corrected chi connectivity index (χ2v) is 6.11. The molecule has 0 heterocycles. The average molecular weight is 324 g/mol. The number of hydrogen-bond donors (Lipinski definition) is 2. The first-order valence-electron chi connectivity index (χ1n) is 8.22. The van der Waals surface area contributed by atoms with E-state index >= 15 is 0 Å². The van der Waals surface area contributed by atoms with Gasteiger partial charge in [-0.2, -0.15) is 0 Å². The van der Waals surface area contributed by atoms with Gasteiger partial charge in [0.05, 0.1) is 0 Å². The van der Waals surface area contributed by atoms with Crippen molar-refractivity contribution in [3.8, 4) is 0 Å². The molecule has 0 saturated heterocycles. The van der Waals surface area contributed by atoms with Crippen LogP contribution in [0.4, 0.5) is 0 Å². The van der Waals surface area contributed by atoms with Crippen molar-refractivity contribution in [2.45, 2.75) is 32.9 Å². The second kappa shape index (κ2) is 8.87. The summed E-state index contributed by atoms with van der Waals surface area (Å²) < 4.78 is 0. The number of carbonyl (C=O) groups excluding carboxylic acids is 2. The molecule has 1 unspecified atom stereocenters. The zero-order valence-corrected chi connectivity index (χ0v) is 14.2. The van der Waals surface area contributed by atoms with E-state index in [0.29, 0.717) is 13.0 Å². The third-order valence-electron chi connectivity index (χ3n) is 3.75. The van der Waals surface area contributed by atoms with Crippen molar-refractivity contribution in [2.75, 3.05) is 0 Å². The molecule has 0 aromatic heterocycles. The lowest BCUT2D eigenvalue weighted by Crippen LogP contribution is -2.48. The monoisotopic (exact) mass is 324 g/mol. The molecule has 0 aliphatic rings. The molecule has 2 N–H and O–H groups in total. The molecule has 0 saturated carbocycles. The Morgan fingerprint density at radius 2 is 1.38 bits per heavy atom. The van der Waals surface area contributed by atoms with Gasteiger partial charge in [0, 0.05) is 18.9 Å². The maximum absolute atomic E-state index is 12.6. The number of benzene rings is 2. The normalized spacial score (nSPS) is 11.8. The fourth-order valence-electron chi connectivity index (χ4n) is 2.31. The molecule has 0 spiro atoms. The van der Waals surface area contributed by atoms with Gasteiger partial charge < -0.3 is 10.6 Å². The van der Waals surface area contributed by atoms with Crippen LogP contribution in [0.5, 0.6) is 0 Å². The van der Waals surface area contributed by atoms with E-state index in [4.69, 9.17) is 0 Å². The predicted molar refractivity (Wildman–Crippen MR) is 95.2 cm³/mol. The first-order valence-corrected chi connectivity index (χ1v) is 8.22. The molecule has 0 radical (unpaired) electrons. The molecule has 2 rings (SSSR count). The van der Waals surface area contributed by atoms with E-state index in [0.717, 1.165) is 11.1 Å². The number of hydrogen-bond acceptors (Lipinski definition) is 2. The maximum atomic E-state index is 12.6. The molecule has 2 amide bonds. The minimum atomic E-state index is -0.578. The summed E-state index contributed by atoms with van der Waals surface area (Å²) >= 11 is 0. The number of nitrogens with one attached hydrogen (secondary N) is 2. The molecule has 2 aromatic rings. The van der Waals surface area contributed by atoms with Crippen molar-refractivity contribution in [2.24, 2.45) is 5.92 Å². The van der Waals surface area contributed by atoms with Gasteiger partial charge in [-0.25, -0.2) is 0 Å². The molecule has 2 aromatic carbocycles. The van der Waals surface area contributed by atoms with Crippen LogP contribution >= 0.6 is 0 Å². The number of carbonyl (C=O) groups is 2. The van der Waals surface area contributed by atoms with Gasteiger partial charge in [0.1, 0.15) is 6.04 Å². The Bertz CT molecular complexity index is 654. The molecule has 24 heavy (non-hydrogen) atoms. The summed E-state index contributed by atoms with van der Waals surface area (Å²) in [6, 6.07) is 18.8. The van der Waals surface area contributed by atoms with Crippen molar-refractivity contribution < 1.29 is 9.59 Å². The van der Waals surface area contributed by atoms with Gasteiger partial charge in [-0.15, -0.1) is 0 Å². The van der Waals surface area contributed by atoms with E-state index in [2.05, 4.69) is 10.6 Å². The topological polar surface area (TPSA) is 58.2 Å². The van der Waals surface area contributed by atoms with E-state index in [1.807, 2.05) is 74.5 Å². The summed E-state index contributed by atoms with van der Waals surface area (Å²) in [6.07, 6.45) is 0.472. The first kappa shape index (κ1) is 17.7. The Labute approximate surface area is 143 Å². The van der Waals surface area contributed by atoms with Crippen molar-refractivity contribution in [3.05, 3.63) is 71.8 Å². The minimum absolute atomic E-state index is 0.120. The van der Waals surface area contributed by atoms with E-state index in [1.54, 1.807) is 0 Å². The van der Waals surface area contributed by atoms with Crippen molar-refractivity contribution in [1.29, 1.82) is 0 Å². The van der Waals surface area contributed by atoms with Crippen LogP contribution in [0.1, 0.15) is 25.0 Å². The van der Waals surface area contributed by atoms with Crippen molar-refractivity contribution in [1.82, 2.24) is 10.6 Å². The second-order valence-electron chi connectivity index (χ2n) is 6.11. The molecule has 0 fully saturated rings. The van der Waals surface area contributed by atoms with E-state index in [1.165, 1.54) is 0 Å². The third-order valence-corrected chi connectivity index (χ3v) is 3.75. The predicted octanol–water partition coefficient (Wildman–Crippen LogP) is 2.69. The third kappa shape index (κ3) is 5.54.